The topological polar surface area (TPSA) is 94.1 Å². The van der Waals surface area contributed by atoms with Gasteiger partial charge in [0, 0.05) is 46.9 Å². The summed E-state index contributed by atoms with van der Waals surface area (Å²) in [5.41, 5.74) is 2.86. The number of benzene rings is 3. The SMILES string of the molecule is CCOC(=O)/C(C)=C/c1cccc(C(C)(C/C=C\CC(C)(C)NC)c2nc(-c3cc(Oc4c(F)cc5[nH]ccc5c4C)ccc3F)n(C)n2)c1. The number of aromatic amines is 1. The molecule has 0 aliphatic carbocycles. The van der Waals surface area contributed by atoms with Crippen LogP contribution in [-0.4, -0.2) is 44.9 Å². The van der Waals surface area contributed by atoms with Gasteiger partial charge in [0.1, 0.15) is 11.6 Å². The van der Waals surface area contributed by atoms with Crippen LogP contribution in [0.1, 0.15) is 70.0 Å². The number of carbonyl (C=O) groups is 1. The monoisotopic (exact) mass is 681 g/mol. The first-order valence-electron chi connectivity index (χ1n) is 16.7. The van der Waals surface area contributed by atoms with Crippen molar-refractivity contribution in [2.24, 2.45) is 7.05 Å². The number of hydrogen-bond donors (Lipinski definition) is 2. The Hall–Kier alpha value is -5.09. The first-order valence-corrected chi connectivity index (χ1v) is 16.7. The molecule has 1 atom stereocenters. The van der Waals surface area contributed by atoms with E-state index in [1.807, 2.05) is 37.4 Å². The van der Waals surface area contributed by atoms with Gasteiger partial charge in [-0.15, -0.1) is 0 Å². The molecule has 5 aromatic rings. The van der Waals surface area contributed by atoms with Crippen molar-refractivity contribution in [3.8, 4) is 22.9 Å². The third-order valence-electron chi connectivity index (χ3n) is 9.17. The molecule has 2 heterocycles. The van der Waals surface area contributed by atoms with Gasteiger partial charge in [0.15, 0.2) is 23.2 Å². The number of esters is 1. The molecule has 2 N–H and O–H groups in total. The van der Waals surface area contributed by atoms with Gasteiger partial charge in [-0.3, -0.25) is 0 Å². The molecule has 5 rings (SSSR count). The Bertz CT molecular complexity index is 2080. The Morgan fingerprint density at radius 3 is 2.54 bits per heavy atom. The van der Waals surface area contributed by atoms with Crippen molar-refractivity contribution in [1.82, 2.24) is 25.1 Å². The van der Waals surface area contributed by atoms with Gasteiger partial charge in [0.25, 0.3) is 0 Å². The standard InChI is InChI=1S/C40H45F2N5O3/c1-9-49-37(48)25(2)21-27-13-12-14-28(22-27)40(6,19-11-10-18-39(4,5)43-7)38-45-36(47(8)46-38)31-23-29(15-16-32(31)41)50-35-26(3)30-17-20-44-34(30)24-33(35)42/h10-17,20-24,43-44H,9,18-19H2,1-8H3/b11-10-,25-21+. The summed E-state index contributed by atoms with van der Waals surface area (Å²) < 4.78 is 43.4. The summed E-state index contributed by atoms with van der Waals surface area (Å²) in [6, 6.07) is 15.4. The number of nitrogens with zero attached hydrogens (tertiary/aromatic N) is 3. The van der Waals surface area contributed by atoms with Crippen LogP contribution >= 0.6 is 0 Å². The lowest BCUT2D eigenvalue weighted by Gasteiger charge is -2.27. The number of allylic oxidation sites excluding steroid dienone is 1. The summed E-state index contributed by atoms with van der Waals surface area (Å²) in [5.74, 6) is -0.305. The van der Waals surface area contributed by atoms with E-state index < -0.39 is 17.0 Å². The summed E-state index contributed by atoms with van der Waals surface area (Å²) in [6.07, 6.45) is 9.15. The molecule has 0 aliphatic heterocycles. The minimum atomic E-state index is -0.741. The van der Waals surface area contributed by atoms with Gasteiger partial charge in [-0.25, -0.2) is 23.2 Å². The molecule has 0 saturated heterocycles. The summed E-state index contributed by atoms with van der Waals surface area (Å²) in [4.78, 5) is 20.3. The highest BCUT2D eigenvalue weighted by atomic mass is 19.1. The zero-order valence-electron chi connectivity index (χ0n) is 29.9. The predicted octanol–water partition coefficient (Wildman–Crippen LogP) is 8.95. The fourth-order valence-corrected chi connectivity index (χ4v) is 5.82. The number of hydrogen-bond acceptors (Lipinski definition) is 6. The summed E-state index contributed by atoms with van der Waals surface area (Å²) in [6.45, 7) is 11.9. The van der Waals surface area contributed by atoms with E-state index >= 15 is 8.78 Å². The second-order valence-corrected chi connectivity index (χ2v) is 13.4. The lowest BCUT2D eigenvalue weighted by molar-refractivity contribution is -0.138. The molecule has 0 bridgehead atoms. The maximum absolute atomic E-state index is 15.5. The number of H-pyrrole nitrogens is 1. The summed E-state index contributed by atoms with van der Waals surface area (Å²) in [5, 5.41) is 8.99. The lowest BCUT2D eigenvalue weighted by Crippen LogP contribution is -2.35. The minimum Gasteiger partial charge on any atom is -0.463 e. The van der Waals surface area contributed by atoms with Gasteiger partial charge in [0.05, 0.1) is 17.6 Å². The Labute approximate surface area is 292 Å². The smallest absolute Gasteiger partial charge is 0.333 e. The molecule has 262 valence electrons. The molecule has 8 nitrogen and oxygen atoms in total. The van der Waals surface area contributed by atoms with Crippen LogP contribution < -0.4 is 10.1 Å². The molecule has 50 heavy (non-hydrogen) atoms. The number of halogens is 2. The second kappa shape index (κ2) is 14.8. The van der Waals surface area contributed by atoms with Gasteiger partial charge in [-0.2, -0.15) is 5.10 Å². The van der Waals surface area contributed by atoms with Gasteiger partial charge in [0.2, 0.25) is 0 Å². The lowest BCUT2D eigenvalue weighted by atomic mass is 9.77. The number of fused-ring (bicyclic) bond motifs is 1. The molecule has 0 fully saturated rings. The van der Waals surface area contributed by atoms with Crippen LogP contribution in [0.15, 0.2) is 78.5 Å². The molecular weight excluding hydrogens is 636 g/mol. The number of aryl methyl sites for hydroxylation is 2. The molecule has 1 unspecified atom stereocenters. The van der Waals surface area contributed by atoms with Crippen molar-refractivity contribution in [2.75, 3.05) is 13.7 Å². The largest absolute Gasteiger partial charge is 0.463 e. The van der Waals surface area contributed by atoms with Gasteiger partial charge in [-0.05, 0) is 103 Å². The molecular formula is C40H45F2N5O3. The number of carbonyl (C=O) groups excluding carboxylic acids is 1. The third kappa shape index (κ3) is 7.70. The zero-order valence-corrected chi connectivity index (χ0v) is 29.9. The van der Waals surface area contributed by atoms with Crippen molar-refractivity contribution < 1.29 is 23.0 Å². The van der Waals surface area contributed by atoms with E-state index in [1.165, 1.54) is 24.3 Å². The zero-order chi connectivity index (χ0) is 36.2. The van der Waals surface area contributed by atoms with Crippen LogP contribution in [0.2, 0.25) is 0 Å². The number of rotatable bonds is 13. The van der Waals surface area contributed by atoms with E-state index in [2.05, 4.69) is 43.2 Å². The van der Waals surface area contributed by atoms with E-state index in [1.54, 1.807) is 44.8 Å². The van der Waals surface area contributed by atoms with Crippen molar-refractivity contribution >= 4 is 22.9 Å². The van der Waals surface area contributed by atoms with Crippen molar-refractivity contribution in [3.63, 3.8) is 0 Å². The molecule has 0 saturated carbocycles. The van der Waals surface area contributed by atoms with E-state index in [-0.39, 0.29) is 28.6 Å². The van der Waals surface area contributed by atoms with Crippen LogP contribution in [0.25, 0.3) is 28.4 Å². The van der Waals surface area contributed by atoms with Crippen LogP contribution in [0, 0.1) is 18.6 Å². The minimum absolute atomic E-state index is 0.0706. The fraction of sp³-hybridized carbons (Fsp3) is 0.325. The molecule has 10 heteroatoms. The van der Waals surface area contributed by atoms with E-state index in [4.69, 9.17) is 19.6 Å². The van der Waals surface area contributed by atoms with E-state index in [0.717, 1.165) is 22.9 Å². The molecule has 0 amide bonds. The third-order valence-corrected chi connectivity index (χ3v) is 9.17. The summed E-state index contributed by atoms with van der Waals surface area (Å²) >= 11 is 0. The van der Waals surface area contributed by atoms with Crippen LogP contribution in [-0.2, 0) is 22.0 Å². The Balaban J connectivity index is 1.55. The maximum Gasteiger partial charge on any atom is 0.333 e. The van der Waals surface area contributed by atoms with Crippen LogP contribution in [0.3, 0.4) is 0 Å². The fourth-order valence-electron chi connectivity index (χ4n) is 5.82. The van der Waals surface area contributed by atoms with Crippen molar-refractivity contribution in [1.29, 1.82) is 0 Å². The first-order chi connectivity index (χ1) is 23.8. The maximum atomic E-state index is 15.5. The molecule has 0 radical (unpaired) electrons. The van der Waals surface area contributed by atoms with Gasteiger partial charge in [-0.1, -0.05) is 36.4 Å². The molecule has 0 aliphatic rings. The van der Waals surface area contributed by atoms with Gasteiger partial charge < -0.3 is 19.8 Å². The molecule has 2 aromatic heterocycles. The Morgan fingerprint density at radius 1 is 1.04 bits per heavy atom. The highest BCUT2D eigenvalue weighted by Crippen LogP contribution is 2.38. The number of aromatic nitrogens is 4. The van der Waals surface area contributed by atoms with Crippen LogP contribution in [0.4, 0.5) is 8.78 Å². The van der Waals surface area contributed by atoms with Gasteiger partial charge >= 0.3 is 5.97 Å². The first kappa shape index (κ1) is 36.2. The predicted molar refractivity (Wildman–Crippen MR) is 194 cm³/mol. The average molecular weight is 682 g/mol. The van der Waals surface area contributed by atoms with Crippen LogP contribution in [0.5, 0.6) is 11.5 Å². The molecule has 0 spiro atoms. The Morgan fingerprint density at radius 2 is 1.80 bits per heavy atom. The highest BCUT2D eigenvalue weighted by molar-refractivity contribution is 5.93. The molecule has 3 aromatic carbocycles. The number of ether oxygens (including phenoxy) is 2. The van der Waals surface area contributed by atoms with E-state index in [9.17, 15) is 4.79 Å². The normalized spacial score (nSPS) is 13.6. The van der Waals surface area contributed by atoms with E-state index in [0.29, 0.717) is 41.3 Å². The summed E-state index contributed by atoms with van der Waals surface area (Å²) in [7, 11) is 3.65. The number of nitrogens with one attached hydrogen (secondary N) is 2. The second-order valence-electron chi connectivity index (χ2n) is 13.4. The average Bonchev–Trinajstić information content (AvgIpc) is 3.72. The van der Waals surface area contributed by atoms with Crippen molar-refractivity contribution in [3.05, 3.63) is 113 Å². The van der Waals surface area contributed by atoms with Crippen molar-refractivity contribution in [2.45, 2.75) is 65.3 Å². The Kier molecular flexibility index (Phi) is 10.7. The highest BCUT2D eigenvalue weighted by Gasteiger charge is 2.34. The quantitative estimate of drug-likeness (QED) is 0.0732.